The molecule has 0 radical (unpaired) electrons. The van der Waals surface area contributed by atoms with Gasteiger partial charge in [0, 0.05) is 11.3 Å². The number of carbonyl (C=O) groups excluding carboxylic acids is 2. The number of carbonyl (C=O) groups is 2. The molecule has 0 aliphatic heterocycles. The number of aromatic nitrogens is 1. The lowest BCUT2D eigenvalue weighted by Gasteiger charge is -2.03. The first-order valence-electron chi connectivity index (χ1n) is 7.46. The summed E-state index contributed by atoms with van der Waals surface area (Å²) in [6.07, 6.45) is 0. The van der Waals surface area contributed by atoms with E-state index in [0.717, 1.165) is 5.56 Å². The smallest absolute Gasteiger partial charge is 0.294 e. The molecular formula is C18H15N3O4. The van der Waals surface area contributed by atoms with Gasteiger partial charge in [-0.3, -0.25) is 9.59 Å². The molecule has 7 heteroatoms. The minimum absolute atomic E-state index is 0.0158. The zero-order valence-corrected chi connectivity index (χ0v) is 13.1. The molecule has 0 atom stereocenters. The Morgan fingerprint density at radius 2 is 1.80 bits per heavy atom. The molecule has 0 fully saturated rings. The van der Waals surface area contributed by atoms with Crippen molar-refractivity contribution in [2.45, 2.75) is 6.61 Å². The zero-order chi connectivity index (χ0) is 17.6. The highest BCUT2D eigenvalue weighted by Gasteiger charge is 2.14. The third-order valence-electron chi connectivity index (χ3n) is 3.37. The molecule has 1 heterocycles. The summed E-state index contributed by atoms with van der Waals surface area (Å²) in [5.41, 5.74) is 7.00. The molecule has 126 valence electrons. The molecule has 0 aliphatic carbocycles. The first kappa shape index (κ1) is 16.3. The summed E-state index contributed by atoms with van der Waals surface area (Å²) in [6.45, 7) is 0.322. The fourth-order valence-corrected chi connectivity index (χ4v) is 2.08. The van der Waals surface area contributed by atoms with Crippen molar-refractivity contribution in [1.29, 1.82) is 0 Å². The average molecular weight is 337 g/mol. The Hall–Kier alpha value is -3.61. The maximum absolute atomic E-state index is 12.1. The number of hydrogen-bond donors (Lipinski definition) is 2. The number of primary amides is 1. The van der Waals surface area contributed by atoms with Crippen LogP contribution in [0.3, 0.4) is 0 Å². The number of benzene rings is 2. The van der Waals surface area contributed by atoms with Crippen molar-refractivity contribution >= 4 is 17.5 Å². The van der Waals surface area contributed by atoms with Crippen LogP contribution in [-0.2, 0) is 6.61 Å². The second-order valence-corrected chi connectivity index (χ2v) is 5.20. The van der Waals surface area contributed by atoms with Gasteiger partial charge in [0.1, 0.15) is 6.61 Å². The Bertz CT molecular complexity index is 873. The molecule has 3 aromatic rings. The second kappa shape index (κ2) is 7.31. The normalized spacial score (nSPS) is 10.2. The van der Waals surface area contributed by atoms with Crippen LogP contribution in [0.5, 0.6) is 5.88 Å². The Morgan fingerprint density at radius 3 is 2.48 bits per heavy atom. The van der Waals surface area contributed by atoms with Crippen LogP contribution in [-0.4, -0.2) is 17.0 Å². The first-order chi connectivity index (χ1) is 12.1. The summed E-state index contributed by atoms with van der Waals surface area (Å²) in [6, 6.07) is 17.2. The predicted molar refractivity (Wildman–Crippen MR) is 90.2 cm³/mol. The van der Waals surface area contributed by atoms with E-state index < -0.39 is 11.8 Å². The average Bonchev–Trinajstić information content (AvgIpc) is 3.10. The van der Waals surface area contributed by atoms with Gasteiger partial charge in [-0.15, -0.1) is 0 Å². The molecule has 0 saturated heterocycles. The Balaban J connectivity index is 1.59. The highest BCUT2D eigenvalue weighted by Crippen LogP contribution is 2.16. The van der Waals surface area contributed by atoms with Gasteiger partial charge in [-0.25, -0.2) is 0 Å². The number of rotatable bonds is 6. The monoisotopic (exact) mass is 337 g/mol. The van der Waals surface area contributed by atoms with E-state index in [9.17, 15) is 9.59 Å². The second-order valence-electron chi connectivity index (χ2n) is 5.20. The summed E-state index contributed by atoms with van der Waals surface area (Å²) in [7, 11) is 0. The lowest BCUT2D eigenvalue weighted by Crippen LogP contribution is -2.13. The van der Waals surface area contributed by atoms with Crippen LogP contribution in [0.2, 0.25) is 0 Å². The van der Waals surface area contributed by atoms with Gasteiger partial charge in [0.05, 0.1) is 6.07 Å². The number of amides is 2. The lowest BCUT2D eigenvalue weighted by molar-refractivity contribution is 0.0984. The van der Waals surface area contributed by atoms with Gasteiger partial charge in [-0.1, -0.05) is 30.3 Å². The largest absolute Gasteiger partial charge is 0.471 e. The van der Waals surface area contributed by atoms with Crippen LogP contribution in [0.4, 0.5) is 5.69 Å². The van der Waals surface area contributed by atoms with Crippen LogP contribution < -0.4 is 15.8 Å². The van der Waals surface area contributed by atoms with E-state index in [1.54, 1.807) is 12.1 Å². The number of nitrogens with one attached hydrogen (secondary N) is 1. The zero-order valence-electron chi connectivity index (χ0n) is 13.1. The highest BCUT2D eigenvalue weighted by molar-refractivity contribution is 6.02. The van der Waals surface area contributed by atoms with Gasteiger partial charge in [0.15, 0.2) is 0 Å². The van der Waals surface area contributed by atoms with Crippen molar-refractivity contribution in [3.8, 4) is 5.88 Å². The minimum atomic E-state index is -0.534. The molecule has 2 amide bonds. The van der Waals surface area contributed by atoms with Crippen molar-refractivity contribution in [1.82, 2.24) is 5.16 Å². The van der Waals surface area contributed by atoms with Crippen molar-refractivity contribution in [2.24, 2.45) is 5.73 Å². The van der Waals surface area contributed by atoms with Crippen LogP contribution in [0, 0.1) is 0 Å². The van der Waals surface area contributed by atoms with Crippen molar-refractivity contribution in [2.75, 3.05) is 5.32 Å². The quantitative estimate of drug-likeness (QED) is 0.719. The van der Waals surface area contributed by atoms with Gasteiger partial charge >= 0.3 is 0 Å². The fraction of sp³-hybridized carbons (Fsp3) is 0.0556. The van der Waals surface area contributed by atoms with Crippen molar-refractivity contribution in [3.05, 3.63) is 77.6 Å². The van der Waals surface area contributed by atoms with Gasteiger partial charge in [-0.2, -0.15) is 0 Å². The molecule has 0 spiro atoms. The SMILES string of the molecule is NC(=O)c1ccc(NC(=O)c2cc(OCc3ccccc3)no2)cc1. The van der Waals surface area contributed by atoms with Crippen LogP contribution >= 0.6 is 0 Å². The van der Waals surface area contributed by atoms with Crippen LogP contribution in [0.15, 0.2) is 65.2 Å². The molecule has 3 rings (SSSR count). The molecule has 2 aromatic carbocycles. The lowest BCUT2D eigenvalue weighted by atomic mass is 10.2. The molecule has 0 unspecified atom stereocenters. The van der Waals surface area contributed by atoms with E-state index in [-0.39, 0.29) is 11.6 Å². The Kier molecular flexibility index (Phi) is 4.75. The van der Waals surface area contributed by atoms with E-state index in [2.05, 4.69) is 10.5 Å². The summed E-state index contributed by atoms with van der Waals surface area (Å²) in [4.78, 5) is 23.1. The maximum Gasteiger partial charge on any atom is 0.294 e. The van der Waals surface area contributed by atoms with Crippen LogP contribution in [0.25, 0.3) is 0 Å². The van der Waals surface area contributed by atoms with Gasteiger partial charge in [0.25, 0.3) is 11.8 Å². The molecule has 25 heavy (non-hydrogen) atoms. The van der Waals surface area contributed by atoms with Crippen molar-refractivity contribution < 1.29 is 18.8 Å². The predicted octanol–water partition coefficient (Wildman–Crippen LogP) is 2.60. The van der Waals surface area contributed by atoms with E-state index in [0.29, 0.717) is 17.9 Å². The van der Waals surface area contributed by atoms with Gasteiger partial charge < -0.3 is 20.3 Å². The van der Waals surface area contributed by atoms with Gasteiger partial charge in [0.2, 0.25) is 11.7 Å². The molecule has 0 saturated carbocycles. The molecular weight excluding hydrogens is 322 g/mol. The molecule has 1 aromatic heterocycles. The third kappa shape index (κ3) is 4.23. The summed E-state index contributed by atoms with van der Waals surface area (Å²) in [5, 5.41) is 6.34. The topological polar surface area (TPSA) is 107 Å². The van der Waals surface area contributed by atoms with E-state index >= 15 is 0 Å². The molecule has 0 bridgehead atoms. The number of hydrogen-bond acceptors (Lipinski definition) is 5. The third-order valence-corrected chi connectivity index (χ3v) is 3.37. The molecule has 7 nitrogen and oxygen atoms in total. The molecule has 3 N–H and O–H groups in total. The first-order valence-corrected chi connectivity index (χ1v) is 7.46. The summed E-state index contributed by atoms with van der Waals surface area (Å²) in [5.74, 6) is -0.776. The van der Waals surface area contributed by atoms with E-state index in [1.165, 1.54) is 18.2 Å². The van der Waals surface area contributed by atoms with Crippen molar-refractivity contribution in [3.63, 3.8) is 0 Å². The van der Waals surface area contributed by atoms with Gasteiger partial charge in [-0.05, 0) is 35.0 Å². The van der Waals surface area contributed by atoms with E-state index in [1.807, 2.05) is 30.3 Å². The fourth-order valence-electron chi connectivity index (χ4n) is 2.08. The number of ether oxygens (including phenoxy) is 1. The standard InChI is InChI=1S/C18H15N3O4/c19-17(22)13-6-8-14(9-7-13)20-18(23)15-10-16(21-25-15)24-11-12-4-2-1-3-5-12/h1-10H,11H2,(H2,19,22)(H,20,23). The van der Waals surface area contributed by atoms with Crippen LogP contribution in [0.1, 0.15) is 26.5 Å². The summed E-state index contributed by atoms with van der Waals surface area (Å²) < 4.78 is 10.5. The Morgan fingerprint density at radius 1 is 1.08 bits per heavy atom. The highest BCUT2D eigenvalue weighted by atomic mass is 16.5. The maximum atomic E-state index is 12.1. The number of anilines is 1. The number of nitrogens with two attached hydrogens (primary N) is 1. The molecule has 0 aliphatic rings. The minimum Gasteiger partial charge on any atom is -0.471 e. The Labute approximate surface area is 143 Å². The number of nitrogens with zero attached hydrogens (tertiary/aromatic N) is 1. The summed E-state index contributed by atoms with van der Waals surface area (Å²) >= 11 is 0. The van der Waals surface area contributed by atoms with E-state index in [4.69, 9.17) is 15.0 Å².